The topological polar surface area (TPSA) is 73.3 Å². The number of urea groups is 1. The molecule has 0 aromatic rings. The molecule has 0 bridgehead atoms. The van der Waals surface area contributed by atoms with Crippen LogP contribution < -0.4 is 5.32 Å². The molecule has 3 amide bonds. The lowest BCUT2D eigenvalue weighted by Crippen LogP contribution is -2.26. The van der Waals surface area contributed by atoms with Crippen LogP contribution in [0.2, 0.25) is 0 Å². The molecular weight excluding hydrogens is 122 g/mol. The van der Waals surface area contributed by atoms with Crippen molar-refractivity contribution in [2.24, 2.45) is 0 Å². The van der Waals surface area contributed by atoms with E-state index in [2.05, 4.69) is 0 Å². The second kappa shape index (κ2) is 1.85. The Morgan fingerprint density at radius 3 is 2.56 bits per heavy atom. The third kappa shape index (κ3) is 0.883. The summed E-state index contributed by atoms with van der Waals surface area (Å²) < 4.78 is 0. The summed E-state index contributed by atoms with van der Waals surface area (Å²) in [6, 6.07) is -0.519. The summed E-state index contributed by atoms with van der Waals surface area (Å²) >= 11 is 0. The first-order valence-electron chi connectivity index (χ1n) is 2.35. The number of carbonyl (C=O) groups is 2. The average molecular weight is 127 g/mol. The van der Waals surface area contributed by atoms with Crippen LogP contribution in [0.5, 0.6) is 0 Å². The van der Waals surface area contributed by atoms with Gasteiger partial charge in [-0.3, -0.25) is 20.4 Å². The SMILES string of the molecule is N=CN1CC(=O)NC1=O. The van der Waals surface area contributed by atoms with Gasteiger partial charge in [0.25, 0.3) is 0 Å². The van der Waals surface area contributed by atoms with Crippen molar-refractivity contribution in [3.8, 4) is 0 Å². The molecule has 1 saturated heterocycles. The van der Waals surface area contributed by atoms with E-state index in [1.165, 1.54) is 0 Å². The van der Waals surface area contributed by atoms with E-state index in [1.54, 1.807) is 0 Å². The molecule has 0 aromatic carbocycles. The van der Waals surface area contributed by atoms with Crippen molar-refractivity contribution in [2.45, 2.75) is 0 Å². The van der Waals surface area contributed by atoms with Gasteiger partial charge in [0, 0.05) is 0 Å². The van der Waals surface area contributed by atoms with E-state index < -0.39 is 6.03 Å². The number of carbonyl (C=O) groups excluding carboxylic acids is 2. The predicted octanol–water partition coefficient (Wildman–Crippen LogP) is -0.855. The van der Waals surface area contributed by atoms with Crippen molar-refractivity contribution in [2.75, 3.05) is 6.54 Å². The maximum Gasteiger partial charge on any atom is 0.329 e. The van der Waals surface area contributed by atoms with Crippen LogP contribution in [0.15, 0.2) is 0 Å². The van der Waals surface area contributed by atoms with Crippen LogP contribution in [-0.2, 0) is 4.79 Å². The first-order valence-corrected chi connectivity index (χ1v) is 2.35. The highest BCUT2D eigenvalue weighted by atomic mass is 16.2. The highest BCUT2D eigenvalue weighted by Crippen LogP contribution is 1.91. The molecular formula is C4H5N3O2. The summed E-state index contributed by atoms with van der Waals surface area (Å²) in [7, 11) is 0. The molecule has 1 aliphatic heterocycles. The van der Waals surface area contributed by atoms with Gasteiger partial charge in [-0.1, -0.05) is 0 Å². The summed E-state index contributed by atoms with van der Waals surface area (Å²) in [4.78, 5) is 21.8. The van der Waals surface area contributed by atoms with Crippen LogP contribution in [0.3, 0.4) is 0 Å². The van der Waals surface area contributed by atoms with Gasteiger partial charge < -0.3 is 0 Å². The number of hydrogen-bond donors (Lipinski definition) is 2. The zero-order valence-corrected chi connectivity index (χ0v) is 4.55. The van der Waals surface area contributed by atoms with Crippen molar-refractivity contribution < 1.29 is 9.59 Å². The standard InChI is InChI=1S/C4H5N3O2/c5-2-7-1-3(8)6-4(7)9/h2,5H,1H2,(H,6,8,9). The van der Waals surface area contributed by atoms with Crippen LogP contribution >= 0.6 is 0 Å². The van der Waals surface area contributed by atoms with E-state index in [0.29, 0.717) is 0 Å². The Balaban J connectivity index is 2.68. The minimum absolute atomic E-state index is 0.0255. The van der Waals surface area contributed by atoms with Crippen molar-refractivity contribution in [3.05, 3.63) is 0 Å². The van der Waals surface area contributed by atoms with E-state index in [-0.39, 0.29) is 12.5 Å². The highest BCUT2D eigenvalue weighted by molar-refractivity contribution is 6.06. The molecule has 0 aromatic heterocycles. The zero-order valence-electron chi connectivity index (χ0n) is 4.55. The normalized spacial score (nSPS) is 18.0. The number of amides is 3. The smallest absolute Gasteiger partial charge is 0.291 e. The van der Waals surface area contributed by atoms with Crippen molar-refractivity contribution in [1.29, 1.82) is 5.41 Å². The monoisotopic (exact) mass is 127 g/mol. The van der Waals surface area contributed by atoms with Crippen LogP contribution in [0.25, 0.3) is 0 Å². The number of rotatable bonds is 1. The molecule has 48 valence electrons. The number of imide groups is 1. The maximum atomic E-state index is 10.5. The van der Waals surface area contributed by atoms with Gasteiger partial charge in [0.2, 0.25) is 5.91 Å². The molecule has 1 aliphatic rings. The van der Waals surface area contributed by atoms with Gasteiger partial charge in [0.1, 0.15) is 6.54 Å². The van der Waals surface area contributed by atoms with Gasteiger partial charge in [-0.2, -0.15) is 0 Å². The Labute approximate surface area is 51.1 Å². The summed E-state index contributed by atoms with van der Waals surface area (Å²) in [5.41, 5.74) is 0. The van der Waals surface area contributed by atoms with Crippen LogP contribution in [0.4, 0.5) is 4.79 Å². The zero-order chi connectivity index (χ0) is 6.85. The van der Waals surface area contributed by atoms with Gasteiger partial charge in [-0.25, -0.2) is 4.79 Å². The molecule has 1 heterocycles. The second-order valence-electron chi connectivity index (χ2n) is 1.61. The Bertz CT molecular complexity index is 177. The maximum absolute atomic E-state index is 10.5. The molecule has 0 atom stereocenters. The summed E-state index contributed by atoms with van der Waals surface area (Å²) in [6.07, 6.45) is 0.820. The molecule has 9 heavy (non-hydrogen) atoms. The highest BCUT2D eigenvalue weighted by Gasteiger charge is 2.24. The molecule has 0 aliphatic carbocycles. The summed E-state index contributed by atoms with van der Waals surface area (Å²) in [5, 5.41) is 8.62. The Kier molecular flexibility index (Phi) is 1.18. The van der Waals surface area contributed by atoms with E-state index in [4.69, 9.17) is 5.41 Å². The van der Waals surface area contributed by atoms with E-state index >= 15 is 0 Å². The lowest BCUT2D eigenvalue weighted by Gasteiger charge is -2.00. The number of nitrogens with zero attached hydrogens (tertiary/aromatic N) is 1. The fraction of sp³-hybridized carbons (Fsp3) is 0.250. The first-order chi connectivity index (χ1) is 4.24. The number of hydrogen-bond acceptors (Lipinski definition) is 3. The minimum Gasteiger partial charge on any atom is -0.291 e. The summed E-state index contributed by atoms with van der Waals surface area (Å²) in [6.45, 7) is -0.0255. The molecule has 0 saturated carbocycles. The Morgan fingerprint density at radius 1 is 1.67 bits per heavy atom. The van der Waals surface area contributed by atoms with Crippen LogP contribution in [0, 0.1) is 5.41 Å². The van der Waals surface area contributed by atoms with Gasteiger partial charge in [-0.15, -0.1) is 0 Å². The predicted molar refractivity (Wildman–Crippen MR) is 29.0 cm³/mol. The third-order valence-corrected chi connectivity index (χ3v) is 0.977. The van der Waals surface area contributed by atoms with Crippen LogP contribution in [0.1, 0.15) is 0 Å². The van der Waals surface area contributed by atoms with Crippen LogP contribution in [-0.4, -0.2) is 29.7 Å². The third-order valence-electron chi connectivity index (χ3n) is 0.977. The van der Waals surface area contributed by atoms with Crippen molar-refractivity contribution in [3.63, 3.8) is 0 Å². The molecule has 0 radical (unpaired) electrons. The molecule has 5 heteroatoms. The average Bonchev–Trinajstić information content (AvgIpc) is 2.10. The first kappa shape index (κ1) is 5.74. The van der Waals surface area contributed by atoms with E-state index in [9.17, 15) is 9.59 Å². The molecule has 2 N–H and O–H groups in total. The fourth-order valence-corrected chi connectivity index (χ4v) is 0.561. The van der Waals surface area contributed by atoms with Crippen molar-refractivity contribution >= 4 is 18.3 Å². The van der Waals surface area contributed by atoms with Crippen molar-refractivity contribution in [1.82, 2.24) is 10.2 Å². The van der Waals surface area contributed by atoms with Gasteiger partial charge in [-0.05, 0) is 0 Å². The van der Waals surface area contributed by atoms with Gasteiger partial charge >= 0.3 is 6.03 Å². The molecule has 0 unspecified atom stereocenters. The Hall–Kier alpha value is -1.39. The van der Waals surface area contributed by atoms with Gasteiger partial charge in [0.05, 0.1) is 6.34 Å². The molecule has 5 nitrogen and oxygen atoms in total. The largest absolute Gasteiger partial charge is 0.329 e. The van der Waals surface area contributed by atoms with E-state index in [0.717, 1.165) is 11.2 Å². The molecule has 0 spiro atoms. The van der Waals surface area contributed by atoms with Gasteiger partial charge in [0.15, 0.2) is 0 Å². The molecule has 1 rings (SSSR count). The second-order valence-corrected chi connectivity index (χ2v) is 1.61. The lowest BCUT2D eigenvalue weighted by molar-refractivity contribution is -0.118. The molecule has 1 fully saturated rings. The summed E-state index contributed by atoms with van der Waals surface area (Å²) in [5.74, 6) is -0.358. The lowest BCUT2D eigenvalue weighted by atomic mass is 10.6. The Morgan fingerprint density at radius 2 is 2.33 bits per heavy atom. The fourth-order valence-electron chi connectivity index (χ4n) is 0.561. The minimum atomic E-state index is -0.519. The quantitative estimate of drug-likeness (QED) is 0.273. The number of nitrogens with one attached hydrogen (secondary N) is 2. The van der Waals surface area contributed by atoms with E-state index in [1.807, 2.05) is 5.32 Å².